The van der Waals surface area contributed by atoms with Crippen molar-refractivity contribution in [1.29, 1.82) is 0 Å². The summed E-state index contributed by atoms with van der Waals surface area (Å²) < 4.78 is 1.76. The minimum atomic E-state index is 0.443. The van der Waals surface area contributed by atoms with Crippen LogP contribution in [-0.4, -0.2) is 38.9 Å². The smallest absolute Gasteiger partial charge is 0.235 e. The first-order chi connectivity index (χ1) is 11.6. The minimum absolute atomic E-state index is 0.443. The van der Waals surface area contributed by atoms with E-state index in [0.717, 1.165) is 32.6 Å². The number of hydrogen-bond acceptors (Lipinski definition) is 6. The SMILES string of the molecule is CN(C)c1ccc(-c2nnc3sc(-c4ccnc(Cl)c4)nn23)cc1. The highest BCUT2D eigenvalue weighted by molar-refractivity contribution is 7.19. The summed E-state index contributed by atoms with van der Waals surface area (Å²) >= 11 is 7.43. The van der Waals surface area contributed by atoms with Crippen molar-refractivity contribution in [3.8, 4) is 22.0 Å². The molecular formula is C16H13ClN6S. The fourth-order valence-corrected chi connectivity index (χ4v) is 3.37. The zero-order chi connectivity index (χ0) is 16.7. The van der Waals surface area contributed by atoms with E-state index in [9.17, 15) is 0 Å². The van der Waals surface area contributed by atoms with Crippen LogP contribution in [0.3, 0.4) is 0 Å². The van der Waals surface area contributed by atoms with E-state index in [4.69, 9.17) is 11.6 Å². The summed E-state index contributed by atoms with van der Waals surface area (Å²) in [5.41, 5.74) is 3.02. The lowest BCUT2D eigenvalue weighted by molar-refractivity contribution is 0.970. The molecule has 0 bridgehead atoms. The van der Waals surface area contributed by atoms with Gasteiger partial charge in [-0.1, -0.05) is 22.9 Å². The van der Waals surface area contributed by atoms with Gasteiger partial charge in [0.25, 0.3) is 0 Å². The monoisotopic (exact) mass is 356 g/mol. The Hall–Kier alpha value is -2.51. The lowest BCUT2D eigenvalue weighted by Crippen LogP contribution is -2.08. The molecule has 0 aliphatic carbocycles. The second-order valence-corrected chi connectivity index (χ2v) is 6.78. The van der Waals surface area contributed by atoms with Gasteiger partial charge in [-0.05, 0) is 36.4 Å². The Balaban J connectivity index is 1.77. The third-order valence-corrected chi connectivity index (χ3v) is 4.76. The van der Waals surface area contributed by atoms with Crippen LogP contribution in [0.4, 0.5) is 5.69 Å². The number of nitrogens with zero attached hydrogens (tertiary/aromatic N) is 6. The van der Waals surface area contributed by atoms with Gasteiger partial charge in [-0.3, -0.25) is 0 Å². The first-order valence-corrected chi connectivity index (χ1v) is 8.43. The zero-order valence-corrected chi connectivity index (χ0v) is 14.6. The highest BCUT2D eigenvalue weighted by Crippen LogP contribution is 2.29. The Labute approximate surface area is 147 Å². The molecule has 0 spiro atoms. The van der Waals surface area contributed by atoms with Crippen molar-refractivity contribution in [3.63, 3.8) is 0 Å². The highest BCUT2D eigenvalue weighted by atomic mass is 35.5. The lowest BCUT2D eigenvalue weighted by atomic mass is 10.2. The van der Waals surface area contributed by atoms with Gasteiger partial charge in [0.2, 0.25) is 4.96 Å². The van der Waals surface area contributed by atoms with Gasteiger partial charge in [-0.2, -0.15) is 9.61 Å². The summed E-state index contributed by atoms with van der Waals surface area (Å²) in [5.74, 6) is 0.720. The molecule has 24 heavy (non-hydrogen) atoms. The van der Waals surface area contributed by atoms with E-state index in [0.29, 0.717) is 5.15 Å². The molecule has 0 saturated heterocycles. The van der Waals surface area contributed by atoms with Crippen LogP contribution in [0, 0.1) is 0 Å². The molecule has 0 radical (unpaired) electrons. The van der Waals surface area contributed by atoms with E-state index in [2.05, 4.69) is 25.2 Å². The summed E-state index contributed by atoms with van der Waals surface area (Å²) in [6.07, 6.45) is 1.67. The summed E-state index contributed by atoms with van der Waals surface area (Å²) in [7, 11) is 4.02. The number of rotatable bonds is 3. The van der Waals surface area contributed by atoms with Crippen LogP contribution in [0.15, 0.2) is 42.6 Å². The van der Waals surface area contributed by atoms with Crippen molar-refractivity contribution in [2.45, 2.75) is 0 Å². The summed E-state index contributed by atoms with van der Waals surface area (Å²) in [4.78, 5) is 6.79. The van der Waals surface area contributed by atoms with Crippen LogP contribution in [0.5, 0.6) is 0 Å². The molecular weight excluding hydrogens is 344 g/mol. The largest absolute Gasteiger partial charge is 0.378 e. The molecule has 8 heteroatoms. The fourth-order valence-electron chi connectivity index (χ4n) is 2.36. The highest BCUT2D eigenvalue weighted by Gasteiger charge is 2.14. The Morgan fingerprint density at radius 1 is 1.04 bits per heavy atom. The molecule has 3 heterocycles. The van der Waals surface area contributed by atoms with E-state index in [-0.39, 0.29) is 0 Å². The molecule has 6 nitrogen and oxygen atoms in total. The van der Waals surface area contributed by atoms with Crippen LogP contribution in [0.25, 0.3) is 26.9 Å². The van der Waals surface area contributed by atoms with Gasteiger partial charge in [0.1, 0.15) is 10.2 Å². The van der Waals surface area contributed by atoms with Gasteiger partial charge in [0, 0.05) is 37.1 Å². The molecule has 0 amide bonds. The number of pyridine rings is 1. The van der Waals surface area contributed by atoms with E-state index < -0.39 is 0 Å². The molecule has 0 N–H and O–H groups in total. The molecule has 0 fully saturated rings. The third kappa shape index (κ3) is 2.61. The van der Waals surface area contributed by atoms with Crippen LogP contribution >= 0.6 is 22.9 Å². The predicted octanol–water partition coefficient (Wildman–Crippen LogP) is 3.63. The van der Waals surface area contributed by atoms with E-state index in [1.54, 1.807) is 16.8 Å². The van der Waals surface area contributed by atoms with Crippen LogP contribution < -0.4 is 4.90 Å². The first kappa shape index (κ1) is 15.0. The molecule has 3 aromatic heterocycles. The minimum Gasteiger partial charge on any atom is -0.378 e. The molecule has 0 saturated carbocycles. The van der Waals surface area contributed by atoms with E-state index >= 15 is 0 Å². The number of benzene rings is 1. The Kier molecular flexibility index (Phi) is 3.66. The molecule has 1 aromatic carbocycles. The van der Waals surface area contributed by atoms with Gasteiger partial charge >= 0.3 is 0 Å². The summed E-state index contributed by atoms with van der Waals surface area (Å²) in [6, 6.07) is 11.8. The maximum absolute atomic E-state index is 5.96. The molecule has 0 atom stereocenters. The number of aromatic nitrogens is 5. The van der Waals surface area contributed by atoms with Crippen molar-refractivity contribution in [1.82, 2.24) is 24.8 Å². The summed E-state index contributed by atoms with van der Waals surface area (Å²) in [6.45, 7) is 0. The van der Waals surface area contributed by atoms with Gasteiger partial charge in [-0.15, -0.1) is 10.2 Å². The average molecular weight is 357 g/mol. The Morgan fingerprint density at radius 3 is 2.54 bits per heavy atom. The standard InChI is InChI=1S/C16H13ClN6S/c1-22(2)12-5-3-10(4-6-12)14-19-20-16-23(14)21-15(24-16)11-7-8-18-13(17)9-11/h3-9H,1-2H3. The number of hydrogen-bond donors (Lipinski definition) is 0. The van der Waals surface area contributed by atoms with Crippen molar-refractivity contribution in [2.75, 3.05) is 19.0 Å². The topological polar surface area (TPSA) is 59.2 Å². The molecule has 0 aliphatic rings. The molecule has 120 valence electrons. The summed E-state index contributed by atoms with van der Waals surface area (Å²) in [5, 5.41) is 14.4. The Morgan fingerprint density at radius 2 is 1.83 bits per heavy atom. The predicted molar refractivity (Wildman–Crippen MR) is 96.7 cm³/mol. The normalized spacial score (nSPS) is 11.1. The maximum atomic E-state index is 5.96. The van der Waals surface area contributed by atoms with Crippen molar-refractivity contribution >= 4 is 33.6 Å². The first-order valence-electron chi connectivity index (χ1n) is 7.24. The van der Waals surface area contributed by atoms with Crippen LogP contribution in [0.2, 0.25) is 5.15 Å². The second-order valence-electron chi connectivity index (χ2n) is 5.43. The van der Waals surface area contributed by atoms with Crippen LogP contribution in [0.1, 0.15) is 0 Å². The fraction of sp³-hybridized carbons (Fsp3) is 0.125. The lowest BCUT2D eigenvalue weighted by Gasteiger charge is -2.11. The van der Waals surface area contributed by atoms with Gasteiger partial charge in [0.15, 0.2) is 5.82 Å². The number of halogens is 1. The van der Waals surface area contributed by atoms with E-state index in [1.807, 2.05) is 44.4 Å². The van der Waals surface area contributed by atoms with Crippen molar-refractivity contribution in [3.05, 3.63) is 47.7 Å². The Bertz CT molecular complexity index is 1010. The average Bonchev–Trinajstić information content (AvgIpc) is 3.15. The molecule has 4 rings (SSSR count). The number of anilines is 1. The zero-order valence-electron chi connectivity index (χ0n) is 13.0. The second kappa shape index (κ2) is 5.85. The third-order valence-electron chi connectivity index (χ3n) is 3.61. The van der Waals surface area contributed by atoms with Gasteiger partial charge in [0.05, 0.1) is 0 Å². The van der Waals surface area contributed by atoms with Crippen LogP contribution in [-0.2, 0) is 0 Å². The van der Waals surface area contributed by atoms with Crippen molar-refractivity contribution in [2.24, 2.45) is 0 Å². The van der Waals surface area contributed by atoms with E-state index in [1.165, 1.54) is 11.3 Å². The van der Waals surface area contributed by atoms with Gasteiger partial charge < -0.3 is 4.90 Å². The molecule has 4 aromatic rings. The quantitative estimate of drug-likeness (QED) is 0.524. The van der Waals surface area contributed by atoms with Crippen molar-refractivity contribution < 1.29 is 0 Å². The molecule has 0 aliphatic heterocycles. The number of fused-ring (bicyclic) bond motifs is 1. The van der Waals surface area contributed by atoms with Gasteiger partial charge in [-0.25, -0.2) is 4.98 Å². The molecule has 0 unspecified atom stereocenters. The maximum Gasteiger partial charge on any atom is 0.235 e.